The molecule has 3 rings (SSSR count). The van der Waals surface area contributed by atoms with E-state index in [0.29, 0.717) is 12.5 Å². The van der Waals surface area contributed by atoms with E-state index in [2.05, 4.69) is 14.7 Å². The number of fused-ring (bicyclic) bond motifs is 1. The van der Waals surface area contributed by atoms with Crippen LogP contribution in [0.15, 0.2) is 12.3 Å². The lowest BCUT2D eigenvalue weighted by Crippen LogP contribution is -2.45. The average molecular weight is 456 g/mol. The number of alkyl halides is 3. The van der Waals surface area contributed by atoms with Crippen LogP contribution >= 0.6 is 0 Å². The smallest absolute Gasteiger partial charge is 0.475 e. The van der Waals surface area contributed by atoms with Gasteiger partial charge in [0.15, 0.2) is 0 Å². The molecule has 1 aromatic heterocycles. The Morgan fingerprint density at radius 2 is 2.00 bits per heavy atom. The Morgan fingerprint density at radius 1 is 1.37 bits per heavy atom. The maximum absolute atomic E-state index is 11.7. The summed E-state index contributed by atoms with van der Waals surface area (Å²) in [6.45, 7) is 6.53. The number of rotatable bonds is 6. The van der Waals surface area contributed by atoms with Gasteiger partial charge in [-0.25, -0.2) is 17.9 Å². The second-order valence-electron chi connectivity index (χ2n) is 7.23. The minimum atomic E-state index is -5.08. The molecule has 0 aromatic carbocycles. The van der Waals surface area contributed by atoms with Gasteiger partial charge in [-0.1, -0.05) is 0 Å². The third-order valence-corrected chi connectivity index (χ3v) is 6.34. The van der Waals surface area contributed by atoms with Gasteiger partial charge in [-0.2, -0.15) is 18.3 Å². The minimum absolute atomic E-state index is 0.0508. The number of carboxylic acids is 1. The van der Waals surface area contributed by atoms with Crippen LogP contribution in [0, 0.1) is 5.92 Å². The molecule has 0 radical (unpaired) electrons. The second kappa shape index (κ2) is 10.6. The maximum atomic E-state index is 11.7. The van der Waals surface area contributed by atoms with Crippen molar-refractivity contribution in [3.63, 3.8) is 0 Å². The Balaban J connectivity index is 0.000000396. The second-order valence-corrected chi connectivity index (χ2v) is 9.32. The Bertz CT molecular complexity index is 794. The van der Waals surface area contributed by atoms with Gasteiger partial charge in [-0.15, -0.1) is 0 Å². The Kier molecular flexibility index (Phi) is 8.64. The summed E-state index contributed by atoms with van der Waals surface area (Å²) in [6.07, 6.45) is -1.06. The number of nitrogens with one attached hydrogen (secondary N) is 1. The predicted octanol–water partition coefficient (Wildman–Crippen LogP) is 1.24. The number of halogens is 3. The number of nitrogens with zero attached hydrogens (tertiary/aromatic N) is 3. The normalized spacial score (nSPS) is 20.9. The molecule has 1 atom stereocenters. The number of carbonyl (C=O) groups is 1. The van der Waals surface area contributed by atoms with E-state index in [9.17, 15) is 21.6 Å². The van der Waals surface area contributed by atoms with E-state index in [1.165, 1.54) is 0 Å². The summed E-state index contributed by atoms with van der Waals surface area (Å²) in [5.41, 5.74) is 1.16. The van der Waals surface area contributed by atoms with Crippen molar-refractivity contribution in [2.75, 3.05) is 38.6 Å². The Morgan fingerprint density at radius 3 is 2.57 bits per heavy atom. The molecule has 0 spiro atoms. The topological polar surface area (TPSA) is 114 Å². The van der Waals surface area contributed by atoms with E-state index in [0.717, 1.165) is 51.4 Å². The largest absolute Gasteiger partial charge is 0.490 e. The third kappa shape index (κ3) is 7.52. The predicted molar refractivity (Wildman–Crippen MR) is 101 cm³/mol. The summed E-state index contributed by atoms with van der Waals surface area (Å²) >= 11 is 0. The minimum Gasteiger partial charge on any atom is -0.475 e. The molecule has 1 fully saturated rings. The maximum Gasteiger partial charge on any atom is 0.490 e. The first-order valence-corrected chi connectivity index (χ1v) is 11.3. The number of aliphatic carboxylic acids is 1. The van der Waals surface area contributed by atoms with Crippen molar-refractivity contribution in [1.82, 2.24) is 19.4 Å². The van der Waals surface area contributed by atoms with Crippen LogP contribution in [0.25, 0.3) is 0 Å². The van der Waals surface area contributed by atoms with Gasteiger partial charge in [-0.05, 0) is 31.7 Å². The fourth-order valence-electron chi connectivity index (χ4n) is 3.37. The van der Waals surface area contributed by atoms with Crippen molar-refractivity contribution < 1.29 is 36.2 Å². The summed E-state index contributed by atoms with van der Waals surface area (Å²) in [5, 5.41) is 11.5. The highest BCUT2D eigenvalue weighted by Crippen LogP contribution is 2.23. The van der Waals surface area contributed by atoms with Crippen molar-refractivity contribution in [3.8, 4) is 0 Å². The highest BCUT2D eigenvalue weighted by Gasteiger charge is 2.38. The molecule has 0 aliphatic carbocycles. The first-order chi connectivity index (χ1) is 14.0. The Labute approximate surface area is 173 Å². The molecule has 9 nitrogen and oxygen atoms in total. The number of hydrogen-bond donors (Lipinski definition) is 2. The van der Waals surface area contributed by atoms with Gasteiger partial charge >= 0.3 is 12.1 Å². The van der Waals surface area contributed by atoms with Gasteiger partial charge < -0.3 is 9.84 Å². The molecular formula is C17H27F3N4O5S. The number of carboxylic acid groups (broad SMARTS) is 1. The summed E-state index contributed by atoms with van der Waals surface area (Å²) in [6, 6.07) is 2.08. The van der Waals surface area contributed by atoms with E-state index in [-0.39, 0.29) is 11.8 Å². The zero-order valence-electron chi connectivity index (χ0n) is 16.6. The molecule has 3 heterocycles. The number of sulfonamides is 1. The van der Waals surface area contributed by atoms with Crippen LogP contribution in [0.1, 0.15) is 31.5 Å². The molecule has 0 amide bonds. The molecule has 172 valence electrons. The molecule has 2 N–H and O–H groups in total. The van der Waals surface area contributed by atoms with Crippen molar-refractivity contribution in [2.24, 2.45) is 5.92 Å². The molecule has 1 aromatic rings. The standard InChI is InChI=1S/C15H26N4O3S.C2HF3O2/c1-2-23(20,21)17-9-15-12-18(10-13-4-7-22-8-5-13)11-14-3-6-16-19(14)15;3-2(4,5)1(6)7/h3,6,13,15,17H,2,4-5,7-12H2,1H3;(H,6,7). The summed E-state index contributed by atoms with van der Waals surface area (Å²) < 4.78 is 65.3. The van der Waals surface area contributed by atoms with Gasteiger partial charge in [0, 0.05) is 45.6 Å². The zero-order valence-corrected chi connectivity index (χ0v) is 17.5. The fraction of sp³-hybridized carbons (Fsp3) is 0.765. The molecule has 30 heavy (non-hydrogen) atoms. The number of aromatic nitrogens is 2. The number of hydrogen-bond acceptors (Lipinski definition) is 6. The van der Waals surface area contributed by atoms with Crippen LogP contribution in [-0.2, 0) is 26.1 Å². The van der Waals surface area contributed by atoms with E-state index in [4.69, 9.17) is 14.6 Å². The van der Waals surface area contributed by atoms with E-state index in [1.54, 1.807) is 13.1 Å². The molecule has 0 saturated carbocycles. The van der Waals surface area contributed by atoms with Crippen molar-refractivity contribution in [1.29, 1.82) is 0 Å². The highest BCUT2D eigenvalue weighted by atomic mass is 32.2. The van der Waals surface area contributed by atoms with Crippen LogP contribution in [-0.4, -0.2) is 79.0 Å². The molecule has 1 saturated heterocycles. The lowest BCUT2D eigenvalue weighted by atomic mass is 9.99. The zero-order chi connectivity index (χ0) is 22.4. The monoisotopic (exact) mass is 456 g/mol. The van der Waals surface area contributed by atoms with Gasteiger partial charge in [0.2, 0.25) is 10.0 Å². The first-order valence-electron chi connectivity index (χ1n) is 9.61. The van der Waals surface area contributed by atoms with Crippen LogP contribution in [0.5, 0.6) is 0 Å². The van der Waals surface area contributed by atoms with Gasteiger partial charge in [-0.3, -0.25) is 9.58 Å². The van der Waals surface area contributed by atoms with Crippen LogP contribution in [0.3, 0.4) is 0 Å². The highest BCUT2D eigenvalue weighted by molar-refractivity contribution is 7.89. The molecule has 2 aliphatic rings. The Hall–Kier alpha value is -1.70. The van der Waals surface area contributed by atoms with Crippen molar-refractivity contribution in [2.45, 2.75) is 38.5 Å². The summed E-state index contributed by atoms with van der Waals surface area (Å²) in [7, 11) is -3.18. The quantitative estimate of drug-likeness (QED) is 0.662. The van der Waals surface area contributed by atoms with Crippen LogP contribution in [0.2, 0.25) is 0 Å². The van der Waals surface area contributed by atoms with Crippen molar-refractivity contribution >= 4 is 16.0 Å². The molecular weight excluding hydrogens is 429 g/mol. The lowest BCUT2D eigenvalue weighted by molar-refractivity contribution is -0.192. The molecule has 1 unspecified atom stereocenters. The van der Waals surface area contributed by atoms with Crippen LogP contribution in [0.4, 0.5) is 13.2 Å². The van der Waals surface area contributed by atoms with Crippen LogP contribution < -0.4 is 4.72 Å². The summed E-state index contributed by atoms with van der Waals surface area (Å²) in [5.74, 6) is -1.98. The van der Waals surface area contributed by atoms with Gasteiger partial charge in [0.25, 0.3) is 0 Å². The fourth-order valence-corrected chi connectivity index (χ4v) is 4.02. The van der Waals surface area contributed by atoms with E-state index >= 15 is 0 Å². The van der Waals surface area contributed by atoms with Crippen molar-refractivity contribution in [3.05, 3.63) is 18.0 Å². The molecule has 0 bridgehead atoms. The number of ether oxygens (including phenoxy) is 1. The molecule has 13 heteroatoms. The first kappa shape index (κ1) is 24.6. The van der Waals surface area contributed by atoms with Gasteiger partial charge in [0.1, 0.15) is 0 Å². The summed E-state index contributed by atoms with van der Waals surface area (Å²) in [4.78, 5) is 11.3. The third-order valence-electron chi connectivity index (χ3n) is 4.97. The SMILES string of the molecule is CCS(=O)(=O)NCC1CN(CC2CCOCC2)Cc2ccnn21.O=C(O)C(F)(F)F. The van der Waals surface area contributed by atoms with Gasteiger partial charge in [0.05, 0.1) is 17.5 Å². The van der Waals surface area contributed by atoms with E-state index in [1.807, 2.05) is 10.7 Å². The lowest BCUT2D eigenvalue weighted by Gasteiger charge is -2.36. The van der Waals surface area contributed by atoms with E-state index < -0.39 is 22.2 Å². The molecule has 2 aliphatic heterocycles. The average Bonchev–Trinajstić information content (AvgIpc) is 3.15.